The maximum atomic E-state index is 11.6. The topological polar surface area (TPSA) is 63.3 Å². The SMILES string of the molecule is Cl.N[C@H](CCSCCCF)C(=O)O. The second-order valence-corrected chi connectivity index (χ2v) is 3.61. The number of carboxylic acid groups (broad SMARTS) is 1. The minimum atomic E-state index is -0.971. The molecule has 3 N–H and O–H groups in total. The molecule has 6 heteroatoms. The second kappa shape index (κ2) is 10.1. The van der Waals surface area contributed by atoms with Crippen LogP contribution in [0.25, 0.3) is 0 Å². The molecule has 13 heavy (non-hydrogen) atoms. The average molecular weight is 232 g/mol. The standard InChI is InChI=1S/C7H14FNO2S.ClH/c8-3-1-4-12-5-2-6(9)7(10)11;/h6H,1-5,9H2,(H,10,11);1H/t6-;/m1./s1. The van der Waals surface area contributed by atoms with Crippen LogP contribution >= 0.6 is 24.2 Å². The molecule has 0 aliphatic heterocycles. The van der Waals surface area contributed by atoms with E-state index >= 15 is 0 Å². The van der Waals surface area contributed by atoms with Gasteiger partial charge in [-0.2, -0.15) is 11.8 Å². The first-order valence-corrected chi connectivity index (χ1v) is 4.96. The Kier molecular flexibility index (Phi) is 12.0. The monoisotopic (exact) mass is 231 g/mol. The summed E-state index contributed by atoms with van der Waals surface area (Å²) in [4.78, 5) is 10.2. The number of halogens is 2. The van der Waals surface area contributed by atoms with Crippen molar-refractivity contribution in [3.05, 3.63) is 0 Å². The van der Waals surface area contributed by atoms with Gasteiger partial charge in [-0.3, -0.25) is 9.18 Å². The first kappa shape index (κ1) is 15.5. The maximum absolute atomic E-state index is 11.6. The number of carbonyl (C=O) groups is 1. The highest BCUT2D eigenvalue weighted by Crippen LogP contribution is 2.05. The van der Waals surface area contributed by atoms with E-state index in [1.807, 2.05) is 0 Å². The molecule has 0 unspecified atom stereocenters. The molecule has 0 saturated carbocycles. The van der Waals surface area contributed by atoms with Gasteiger partial charge in [-0.25, -0.2) is 0 Å². The number of carboxylic acids is 1. The Labute approximate surface area is 87.7 Å². The quantitative estimate of drug-likeness (QED) is 0.649. The molecule has 0 aromatic rings. The van der Waals surface area contributed by atoms with Crippen molar-refractivity contribution in [2.45, 2.75) is 18.9 Å². The van der Waals surface area contributed by atoms with Crippen LogP contribution in [-0.2, 0) is 4.79 Å². The lowest BCUT2D eigenvalue weighted by atomic mass is 10.2. The minimum absolute atomic E-state index is 0. The Hall–Kier alpha value is 0. The lowest BCUT2D eigenvalue weighted by Gasteiger charge is -2.04. The van der Waals surface area contributed by atoms with Crippen molar-refractivity contribution in [1.29, 1.82) is 0 Å². The molecule has 3 nitrogen and oxygen atoms in total. The van der Waals surface area contributed by atoms with E-state index in [1.165, 1.54) is 0 Å². The summed E-state index contributed by atoms with van der Waals surface area (Å²) in [6.45, 7) is -0.308. The van der Waals surface area contributed by atoms with Crippen molar-refractivity contribution < 1.29 is 14.3 Å². The van der Waals surface area contributed by atoms with Crippen LogP contribution in [0.2, 0.25) is 0 Å². The van der Waals surface area contributed by atoms with Gasteiger partial charge in [0.25, 0.3) is 0 Å². The van der Waals surface area contributed by atoms with Gasteiger partial charge in [0.05, 0.1) is 6.67 Å². The van der Waals surface area contributed by atoms with E-state index in [9.17, 15) is 9.18 Å². The zero-order valence-corrected chi connectivity index (χ0v) is 8.87. The predicted octanol–water partition coefficient (Wildman–Crippen LogP) is 1.30. The van der Waals surface area contributed by atoms with Gasteiger partial charge in [-0.05, 0) is 24.3 Å². The molecule has 0 amide bonds. The van der Waals surface area contributed by atoms with Crippen LogP contribution < -0.4 is 5.73 Å². The summed E-state index contributed by atoms with van der Waals surface area (Å²) in [5.74, 6) is 0.456. The molecule has 0 radical (unpaired) electrons. The van der Waals surface area contributed by atoms with Crippen molar-refractivity contribution >= 4 is 30.1 Å². The smallest absolute Gasteiger partial charge is 0.320 e. The molecule has 0 spiro atoms. The maximum Gasteiger partial charge on any atom is 0.320 e. The van der Waals surface area contributed by atoms with Gasteiger partial charge in [-0.15, -0.1) is 12.4 Å². The molecule has 0 heterocycles. The molecule has 0 rings (SSSR count). The number of alkyl halides is 1. The number of hydrogen-bond acceptors (Lipinski definition) is 3. The Morgan fingerprint density at radius 3 is 2.62 bits per heavy atom. The third kappa shape index (κ3) is 9.92. The molecule has 0 aromatic heterocycles. The number of aliphatic carboxylic acids is 1. The third-order valence-corrected chi connectivity index (χ3v) is 2.41. The van der Waals surface area contributed by atoms with E-state index in [1.54, 1.807) is 11.8 Å². The largest absolute Gasteiger partial charge is 0.480 e. The van der Waals surface area contributed by atoms with E-state index in [2.05, 4.69) is 0 Å². The molecular formula is C7H15ClFNO2S. The van der Waals surface area contributed by atoms with E-state index in [0.29, 0.717) is 18.6 Å². The van der Waals surface area contributed by atoms with Crippen LogP contribution in [0.15, 0.2) is 0 Å². The van der Waals surface area contributed by atoms with Crippen LogP contribution in [0.1, 0.15) is 12.8 Å². The van der Waals surface area contributed by atoms with Crippen LogP contribution in [0.4, 0.5) is 4.39 Å². The molecule has 1 atom stereocenters. The molecule has 0 fully saturated rings. The van der Waals surface area contributed by atoms with E-state index in [0.717, 1.165) is 5.75 Å². The summed E-state index contributed by atoms with van der Waals surface area (Å²) in [5, 5.41) is 8.39. The summed E-state index contributed by atoms with van der Waals surface area (Å²) >= 11 is 1.54. The van der Waals surface area contributed by atoms with Crippen molar-refractivity contribution in [3.63, 3.8) is 0 Å². The Balaban J connectivity index is 0. The molecule has 0 aliphatic carbocycles. The van der Waals surface area contributed by atoms with Crippen LogP contribution in [0, 0.1) is 0 Å². The second-order valence-electron chi connectivity index (χ2n) is 2.39. The molecule has 0 aliphatic rings. The van der Waals surface area contributed by atoms with Gasteiger partial charge in [-0.1, -0.05) is 0 Å². The molecule has 80 valence electrons. The summed E-state index contributed by atoms with van der Waals surface area (Å²) in [6, 6.07) is -0.775. The average Bonchev–Trinajstić information content (AvgIpc) is 2.03. The van der Waals surface area contributed by atoms with Gasteiger partial charge in [0.2, 0.25) is 0 Å². The molecular weight excluding hydrogens is 217 g/mol. The van der Waals surface area contributed by atoms with Crippen molar-refractivity contribution in [2.24, 2.45) is 5.73 Å². The van der Waals surface area contributed by atoms with E-state index in [-0.39, 0.29) is 19.1 Å². The summed E-state index contributed by atoms with van der Waals surface area (Å²) in [6.07, 6.45) is 0.985. The Morgan fingerprint density at radius 2 is 2.15 bits per heavy atom. The van der Waals surface area contributed by atoms with E-state index in [4.69, 9.17) is 10.8 Å². The summed E-state index contributed by atoms with van der Waals surface area (Å²) in [5.41, 5.74) is 5.24. The highest BCUT2D eigenvalue weighted by atomic mass is 35.5. The first-order chi connectivity index (χ1) is 5.68. The number of rotatable bonds is 7. The van der Waals surface area contributed by atoms with Crippen molar-refractivity contribution in [1.82, 2.24) is 0 Å². The van der Waals surface area contributed by atoms with Crippen LogP contribution in [0.3, 0.4) is 0 Å². The van der Waals surface area contributed by atoms with Gasteiger partial charge >= 0.3 is 5.97 Å². The molecule has 0 aromatic carbocycles. The normalized spacial score (nSPS) is 11.8. The van der Waals surface area contributed by atoms with Crippen molar-refractivity contribution in [3.8, 4) is 0 Å². The summed E-state index contributed by atoms with van der Waals surface area (Å²) in [7, 11) is 0. The number of thioether (sulfide) groups is 1. The Morgan fingerprint density at radius 1 is 1.54 bits per heavy atom. The highest BCUT2D eigenvalue weighted by Gasteiger charge is 2.09. The van der Waals surface area contributed by atoms with E-state index < -0.39 is 12.0 Å². The summed E-state index contributed by atoms with van der Waals surface area (Å²) < 4.78 is 11.6. The zero-order valence-electron chi connectivity index (χ0n) is 7.24. The third-order valence-electron chi connectivity index (χ3n) is 1.31. The van der Waals surface area contributed by atoms with Crippen molar-refractivity contribution in [2.75, 3.05) is 18.2 Å². The molecule has 0 saturated heterocycles. The van der Waals surface area contributed by atoms with Gasteiger partial charge in [0, 0.05) is 0 Å². The fourth-order valence-electron chi connectivity index (χ4n) is 0.592. The molecule has 0 bridgehead atoms. The number of hydrogen-bond donors (Lipinski definition) is 2. The van der Waals surface area contributed by atoms with Gasteiger partial charge < -0.3 is 10.8 Å². The Bertz CT molecular complexity index is 140. The zero-order chi connectivity index (χ0) is 9.40. The van der Waals surface area contributed by atoms with Gasteiger partial charge in [0.1, 0.15) is 6.04 Å². The fourth-order valence-corrected chi connectivity index (χ4v) is 1.53. The predicted molar refractivity (Wildman–Crippen MR) is 55.4 cm³/mol. The van der Waals surface area contributed by atoms with Crippen LogP contribution in [0.5, 0.6) is 0 Å². The minimum Gasteiger partial charge on any atom is -0.480 e. The fraction of sp³-hybridized carbons (Fsp3) is 0.857. The lowest BCUT2D eigenvalue weighted by molar-refractivity contribution is -0.138. The first-order valence-electron chi connectivity index (χ1n) is 3.80. The van der Waals surface area contributed by atoms with Gasteiger partial charge in [0.15, 0.2) is 0 Å². The lowest BCUT2D eigenvalue weighted by Crippen LogP contribution is -2.30. The number of nitrogens with two attached hydrogens (primary N) is 1. The van der Waals surface area contributed by atoms with Crippen LogP contribution in [-0.4, -0.2) is 35.3 Å². The highest BCUT2D eigenvalue weighted by molar-refractivity contribution is 7.99.